The van der Waals surface area contributed by atoms with Gasteiger partial charge in [-0.2, -0.15) is 0 Å². The van der Waals surface area contributed by atoms with E-state index in [1.54, 1.807) is 6.92 Å². The Morgan fingerprint density at radius 2 is 2.36 bits per heavy atom. The molecule has 3 N–H and O–H groups in total. The van der Waals surface area contributed by atoms with Crippen LogP contribution in [0.5, 0.6) is 0 Å². The van der Waals surface area contributed by atoms with Crippen LogP contribution in [0, 0.1) is 5.92 Å². The van der Waals surface area contributed by atoms with Gasteiger partial charge in [-0.3, -0.25) is 4.79 Å². The Morgan fingerprint density at radius 3 is 2.55 bits per heavy atom. The lowest BCUT2D eigenvalue weighted by Gasteiger charge is -2.15. The van der Waals surface area contributed by atoms with E-state index in [4.69, 9.17) is 5.11 Å². The predicted octanol–water partition coefficient (Wildman–Crippen LogP) is -1.08. The molecular formula is C6H9NO4. The molecule has 0 aromatic carbocycles. The fraction of sp³-hybridized carbons (Fsp3) is 0.667. The van der Waals surface area contributed by atoms with Crippen molar-refractivity contribution in [1.29, 1.82) is 0 Å². The van der Waals surface area contributed by atoms with Crippen molar-refractivity contribution in [1.82, 2.24) is 5.32 Å². The second kappa shape index (κ2) is 2.20. The molecule has 1 saturated heterocycles. The first-order chi connectivity index (χ1) is 4.96. The molecule has 0 radical (unpaired) electrons. The zero-order valence-electron chi connectivity index (χ0n) is 6.00. The quantitative estimate of drug-likeness (QED) is 0.454. The summed E-state index contributed by atoms with van der Waals surface area (Å²) in [6.45, 7) is 1.57. The monoisotopic (exact) mass is 159 g/mol. The molecule has 1 aliphatic heterocycles. The minimum absolute atomic E-state index is 0.0683. The summed E-state index contributed by atoms with van der Waals surface area (Å²) in [6.07, 6.45) is -0.0683. The van der Waals surface area contributed by atoms with Gasteiger partial charge in [-0.15, -0.1) is 0 Å². The van der Waals surface area contributed by atoms with Gasteiger partial charge in [0.1, 0.15) is 0 Å². The van der Waals surface area contributed by atoms with Crippen LogP contribution in [-0.2, 0) is 9.59 Å². The highest BCUT2D eigenvalue weighted by atomic mass is 16.4. The Hall–Kier alpha value is -1.10. The molecule has 0 aliphatic carbocycles. The molecule has 2 atom stereocenters. The molecule has 0 spiro atoms. The SMILES string of the molecule is CC1C[C@@](O)(C(=O)O)NC1=O. The van der Waals surface area contributed by atoms with E-state index in [0.717, 1.165) is 0 Å². The summed E-state index contributed by atoms with van der Waals surface area (Å²) >= 11 is 0. The fourth-order valence-electron chi connectivity index (χ4n) is 1.05. The lowest BCUT2D eigenvalue weighted by atomic mass is 10.1. The van der Waals surface area contributed by atoms with Crippen LogP contribution in [0.4, 0.5) is 0 Å². The van der Waals surface area contributed by atoms with E-state index in [2.05, 4.69) is 0 Å². The maximum absolute atomic E-state index is 10.8. The van der Waals surface area contributed by atoms with Crippen LogP contribution < -0.4 is 5.32 Å². The number of hydrogen-bond donors (Lipinski definition) is 3. The number of nitrogens with one attached hydrogen (secondary N) is 1. The highest BCUT2D eigenvalue weighted by Gasteiger charge is 2.46. The second-order valence-corrected chi connectivity index (χ2v) is 2.76. The minimum atomic E-state index is -2.05. The van der Waals surface area contributed by atoms with Gasteiger partial charge in [0.15, 0.2) is 0 Å². The van der Waals surface area contributed by atoms with Crippen molar-refractivity contribution in [3.8, 4) is 0 Å². The van der Waals surface area contributed by atoms with Gasteiger partial charge >= 0.3 is 5.97 Å². The number of amides is 1. The molecule has 1 fully saturated rings. The van der Waals surface area contributed by atoms with E-state index < -0.39 is 23.5 Å². The van der Waals surface area contributed by atoms with Crippen LogP contribution in [0.1, 0.15) is 13.3 Å². The molecule has 62 valence electrons. The molecule has 1 heterocycles. The van der Waals surface area contributed by atoms with Crippen LogP contribution in [0.25, 0.3) is 0 Å². The molecule has 5 heteroatoms. The number of aliphatic hydroxyl groups is 1. The van der Waals surface area contributed by atoms with E-state index in [0.29, 0.717) is 0 Å². The lowest BCUT2D eigenvalue weighted by molar-refractivity contribution is -0.161. The normalized spacial score (nSPS) is 36.9. The first kappa shape index (κ1) is 8.00. The first-order valence-electron chi connectivity index (χ1n) is 3.23. The molecule has 0 aromatic rings. The highest BCUT2D eigenvalue weighted by Crippen LogP contribution is 2.22. The number of hydrogen-bond acceptors (Lipinski definition) is 3. The van der Waals surface area contributed by atoms with Crippen molar-refractivity contribution in [3.63, 3.8) is 0 Å². The zero-order chi connectivity index (χ0) is 8.65. The van der Waals surface area contributed by atoms with Gasteiger partial charge in [-0.05, 0) is 0 Å². The predicted molar refractivity (Wildman–Crippen MR) is 34.5 cm³/mol. The topological polar surface area (TPSA) is 86.6 Å². The summed E-state index contributed by atoms with van der Waals surface area (Å²) in [7, 11) is 0. The smallest absolute Gasteiger partial charge is 0.357 e. The van der Waals surface area contributed by atoms with Crippen molar-refractivity contribution in [2.75, 3.05) is 0 Å². The minimum Gasteiger partial charge on any atom is -0.478 e. The Labute approximate surface area is 63.0 Å². The highest BCUT2D eigenvalue weighted by molar-refractivity contribution is 5.90. The van der Waals surface area contributed by atoms with E-state index >= 15 is 0 Å². The fourth-order valence-corrected chi connectivity index (χ4v) is 1.05. The van der Waals surface area contributed by atoms with Crippen LogP contribution in [0.2, 0.25) is 0 Å². The third kappa shape index (κ3) is 1.19. The number of rotatable bonds is 1. The average molecular weight is 159 g/mol. The average Bonchev–Trinajstić information content (AvgIpc) is 2.09. The summed E-state index contributed by atoms with van der Waals surface area (Å²) < 4.78 is 0. The second-order valence-electron chi connectivity index (χ2n) is 2.76. The standard InChI is InChI=1S/C6H9NO4/c1-3-2-6(11,5(9)10)7-4(3)8/h3,11H,2H2,1H3,(H,7,8)(H,9,10)/t3?,6-/m1/s1. The largest absolute Gasteiger partial charge is 0.478 e. The molecule has 5 nitrogen and oxygen atoms in total. The number of carboxylic acid groups (broad SMARTS) is 1. The summed E-state index contributed by atoms with van der Waals surface area (Å²) in [6, 6.07) is 0. The van der Waals surface area contributed by atoms with Crippen molar-refractivity contribution < 1.29 is 19.8 Å². The van der Waals surface area contributed by atoms with Gasteiger partial charge in [0.25, 0.3) is 0 Å². The molecule has 0 saturated carbocycles. The Balaban J connectivity index is 2.79. The Bertz CT molecular complexity index is 213. The summed E-state index contributed by atoms with van der Waals surface area (Å²) in [5.41, 5.74) is -2.05. The third-order valence-electron chi connectivity index (χ3n) is 1.73. The lowest BCUT2D eigenvalue weighted by Crippen LogP contribution is -2.48. The van der Waals surface area contributed by atoms with Crippen molar-refractivity contribution >= 4 is 11.9 Å². The van der Waals surface area contributed by atoms with E-state index in [1.165, 1.54) is 0 Å². The van der Waals surface area contributed by atoms with Gasteiger partial charge in [0, 0.05) is 12.3 Å². The van der Waals surface area contributed by atoms with E-state index in [9.17, 15) is 14.7 Å². The molecule has 11 heavy (non-hydrogen) atoms. The molecule has 1 rings (SSSR count). The van der Waals surface area contributed by atoms with Crippen LogP contribution in [-0.4, -0.2) is 27.8 Å². The van der Waals surface area contributed by atoms with Crippen LogP contribution in [0.15, 0.2) is 0 Å². The molecule has 1 unspecified atom stereocenters. The Morgan fingerprint density at radius 1 is 1.82 bits per heavy atom. The number of carbonyl (C=O) groups excluding carboxylic acids is 1. The van der Waals surface area contributed by atoms with Crippen LogP contribution in [0.3, 0.4) is 0 Å². The molecule has 1 amide bonds. The molecule has 0 bridgehead atoms. The number of aliphatic carboxylic acids is 1. The van der Waals surface area contributed by atoms with Gasteiger partial charge in [0.2, 0.25) is 11.6 Å². The van der Waals surface area contributed by atoms with E-state index in [-0.39, 0.29) is 6.42 Å². The molecule has 1 aliphatic rings. The van der Waals surface area contributed by atoms with Crippen molar-refractivity contribution in [2.45, 2.75) is 19.1 Å². The van der Waals surface area contributed by atoms with Gasteiger partial charge in [-0.1, -0.05) is 6.92 Å². The number of carboxylic acids is 1. The number of carbonyl (C=O) groups is 2. The van der Waals surface area contributed by atoms with Gasteiger partial charge in [-0.25, -0.2) is 4.79 Å². The third-order valence-corrected chi connectivity index (χ3v) is 1.73. The maximum atomic E-state index is 10.8. The van der Waals surface area contributed by atoms with Gasteiger partial charge < -0.3 is 15.5 Å². The summed E-state index contributed by atoms with van der Waals surface area (Å²) in [4.78, 5) is 21.1. The Kier molecular flexibility index (Phi) is 1.60. The summed E-state index contributed by atoms with van der Waals surface area (Å²) in [5, 5.41) is 19.6. The van der Waals surface area contributed by atoms with Crippen molar-refractivity contribution in [3.05, 3.63) is 0 Å². The zero-order valence-corrected chi connectivity index (χ0v) is 6.00. The van der Waals surface area contributed by atoms with Crippen molar-refractivity contribution in [2.24, 2.45) is 5.92 Å². The summed E-state index contributed by atoms with van der Waals surface area (Å²) in [5.74, 6) is -2.26. The first-order valence-corrected chi connectivity index (χ1v) is 3.23. The van der Waals surface area contributed by atoms with Crippen LogP contribution >= 0.6 is 0 Å². The maximum Gasteiger partial charge on any atom is 0.357 e. The molecular weight excluding hydrogens is 150 g/mol. The molecule has 0 aromatic heterocycles. The van der Waals surface area contributed by atoms with E-state index in [1.807, 2.05) is 5.32 Å². The van der Waals surface area contributed by atoms with Gasteiger partial charge in [0.05, 0.1) is 0 Å².